The van der Waals surface area contributed by atoms with Gasteiger partial charge in [-0.2, -0.15) is 0 Å². The smallest absolute Gasteiger partial charge is 0.251 e. The first-order chi connectivity index (χ1) is 9.58. The van der Waals surface area contributed by atoms with Crippen molar-refractivity contribution in [3.8, 4) is 5.75 Å². The number of nitrogens with one attached hydrogen (secondary N) is 1. The second kappa shape index (κ2) is 6.74. The van der Waals surface area contributed by atoms with Gasteiger partial charge < -0.3 is 15.8 Å². The molecule has 0 aliphatic carbocycles. The summed E-state index contributed by atoms with van der Waals surface area (Å²) in [7, 11) is -0.722. The van der Waals surface area contributed by atoms with Crippen molar-refractivity contribution >= 4 is 22.4 Å². The highest BCUT2D eigenvalue weighted by molar-refractivity contribution is 7.85. The number of ether oxygens (including phenoxy) is 1. The first kappa shape index (κ1) is 14.8. The van der Waals surface area contributed by atoms with E-state index in [4.69, 9.17) is 10.5 Å². The second-order valence-corrected chi connectivity index (χ2v) is 6.52. The molecule has 110 valence electrons. The second-order valence-electron chi connectivity index (χ2n) is 4.82. The zero-order valence-electron chi connectivity index (χ0n) is 11.6. The van der Waals surface area contributed by atoms with Crippen molar-refractivity contribution in [2.24, 2.45) is 0 Å². The van der Waals surface area contributed by atoms with Gasteiger partial charge in [-0.1, -0.05) is 0 Å². The highest BCUT2D eigenvalue weighted by atomic mass is 32.2. The molecule has 0 radical (unpaired) electrons. The number of carbonyl (C=O) groups is 1. The van der Waals surface area contributed by atoms with E-state index >= 15 is 0 Å². The number of hydrogen-bond donors (Lipinski definition) is 2. The van der Waals surface area contributed by atoms with E-state index in [1.807, 2.05) is 6.92 Å². The van der Waals surface area contributed by atoms with Crippen LogP contribution in [0.1, 0.15) is 30.1 Å². The maximum absolute atomic E-state index is 12.2. The van der Waals surface area contributed by atoms with E-state index in [1.165, 1.54) is 0 Å². The topological polar surface area (TPSA) is 81.4 Å². The lowest BCUT2D eigenvalue weighted by atomic mass is 10.1. The molecule has 1 aliphatic rings. The molecule has 2 rings (SSSR count). The van der Waals surface area contributed by atoms with Gasteiger partial charge in [0.15, 0.2) is 0 Å². The summed E-state index contributed by atoms with van der Waals surface area (Å²) in [6.45, 7) is 2.41. The number of benzene rings is 1. The van der Waals surface area contributed by atoms with Crippen LogP contribution in [0.15, 0.2) is 18.2 Å². The normalized spacial score (nSPS) is 22.2. The van der Waals surface area contributed by atoms with Crippen molar-refractivity contribution in [2.45, 2.75) is 25.8 Å². The van der Waals surface area contributed by atoms with Gasteiger partial charge in [0.05, 0.1) is 6.61 Å². The Labute approximate surface area is 121 Å². The monoisotopic (exact) mass is 296 g/mol. The molecule has 0 spiro atoms. The van der Waals surface area contributed by atoms with Gasteiger partial charge in [-0.25, -0.2) is 0 Å². The molecule has 0 atom stereocenters. The minimum atomic E-state index is -0.722. The highest BCUT2D eigenvalue weighted by Crippen LogP contribution is 2.19. The summed E-state index contributed by atoms with van der Waals surface area (Å²) >= 11 is 0. The summed E-state index contributed by atoms with van der Waals surface area (Å²) in [5, 5.41) is 2.97. The van der Waals surface area contributed by atoms with Crippen molar-refractivity contribution in [1.82, 2.24) is 5.32 Å². The van der Waals surface area contributed by atoms with Crippen LogP contribution in [0.4, 0.5) is 5.69 Å². The van der Waals surface area contributed by atoms with Crippen LogP contribution in [0.5, 0.6) is 5.75 Å². The van der Waals surface area contributed by atoms with Gasteiger partial charge in [0.25, 0.3) is 5.91 Å². The number of amides is 1. The predicted octanol–water partition coefficient (Wildman–Crippen LogP) is 1.31. The summed E-state index contributed by atoms with van der Waals surface area (Å²) in [5.41, 5.74) is 6.78. The first-order valence-corrected chi connectivity index (χ1v) is 8.26. The minimum Gasteiger partial charge on any atom is -0.494 e. The summed E-state index contributed by atoms with van der Waals surface area (Å²) < 4.78 is 16.7. The standard InChI is InChI=1S/C14H20N2O3S/c1-2-19-13-8-10(7-11(15)9-13)14(17)16-12-3-5-20(18)6-4-12/h7-9,12H,2-6,15H2,1H3,(H,16,17). The van der Waals surface area contributed by atoms with Crippen LogP contribution in [0.25, 0.3) is 0 Å². The third-order valence-corrected chi connectivity index (χ3v) is 4.61. The third-order valence-electron chi connectivity index (χ3n) is 3.23. The van der Waals surface area contributed by atoms with E-state index in [0.29, 0.717) is 35.1 Å². The number of anilines is 1. The molecule has 20 heavy (non-hydrogen) atoms. The molecule has 6 heteroatoms. The lowest BCUT2D eigenvalue weighted by molar-refractivity contribution is 0.0934. The van der Waals surface area contributed by atoms with Gasteiger partial charge in [0.1, 0.15) is 5.75 Å². The summed E-state index contributed by atoms with van der Waals surface area (Å²) in [6, 6.07) is 5.12. The molecule has 0 saturated carbocycles. The van der Waals surface area contributed by atoms with Gasteiger partial charge in [-0.05, 0) is 31.9 Å². The molecule has 0 unspecified atom stereocenters. The highest BCUT2D eigenvalue weighted by Gasteiger charge is 2.20. The van der Waals surface area contributed by atoms with E-state index in [0.717, 1.165) is 12.8 Å². The quantitative estimate of drug-likeness (QED) is 0.821. The van der Waals surface area contributed by atoms with E-state index in [2.05, 4.69) is 5.32 Å². The Morgan fingerprint density at radius 3 is 2.75 bits per heavy atom. The molecular formula is C14H20N2O3S. The van der Waals surface area contributed by atoms with Crippen LogP contribution in [0.3, 0.4) is 0 Å². The van der Waals surface area contributed by atoms with Crippen LogP contribution in [-0.4, -0.2) is 34.3 Å². The van der Waals surface area contributed by atoms with Gasteiger partial charge in [-0.3, -0.25) is 9.00 Å². The number of rotatable bonds is 4. The van der Waals surface area contributed by atoms with Crippen molar-refractivity contribution in [1.29, 1.82) is 0 Å². The molecule has 1 fully saturated rings. The molecule has 3 N–H and O–H groups in total. The van der Waals surface area contributed by atoms with Gasteiger partial charge in [-0.15, -0.1) is 0 Å². The van der Waals surface area contributed by atoms with Crippen molar-refractivity contribution in [3.05, 3.63) is 23.8 Å². The fourth-order valence-electron chi connectivity index (χ4n) is 2.21. The number of nitrogen functional groups attached to an aromatic ring is 1. The molecule has 5 nitrogen and oxygen atoms in total. The summed E-state index contributed by atoms with van der Waals surface area (Å²) in [6.07, 6.45) is 1.53. The Balaban J connectivity index is 2.03. The van der Waals surface area contributed by atoms with E-state index < -0.39 is 10.8 Å². The van der Waals surface area contributed by atoms with Gasteiger partial charge in [0, 0.05) is 45.7 Å². The Morgan fingerprint density at radius 2 is 2.10 bits per heavy atom. The molecule has 1 aromatic carbocycles. The molecule has 1 aliphatic heterocycles. The van der Waals surface area contributed by atoms with E-state index in [1.54, 1.807) is 18.2 Å². The van der Waals surface area contributed by atoms with Crippen LogP contribution in [0, 0.1) is 0 Å². The maximum Gasteiger partial charge on any atom is 0.251 e. The van der Waals surface area contributed by atoms with Crippen LogP contribution in [0.2, 0.25) is 0 Å². The van der Waals surface area contributed by atoms with Crippen molar-refractivity contribution in [2.75, 3.05) is 23.8 Å². The fraction of sp³-hybridized carbons (Fsp3) is 0.500. The zero-order chi connectivity index (χ0) is 14.5. The van der Waals surface area contributed by atoms with Crippen LogP contribution >= 0.6 is 0 Å². The lowest BCUT2D eigenvalue weighted by Gasteiger charge is -2.22. The minimum absolute atomic E-state index is 0.0946. The van der Waals surface area contributed by atoms with Gasteiger partial charge in [0.2, 0.25) is 0 Å². The summed E-state index contributed by atoms with van der Waals surface area (Å²) in [5.74, 6) is 1.76. The zero-order valence-corrected chi connectivity index (χ0v) is 12.4. The van der Waals surface area contributed by atoms with Gasteiger partial charge >= 0.3 is 0 Å². The Bertz CT molecular complexity index is 509. The Morgan fingerprint density at radius 1 is 1.40 bits per heavy atom. The van der Waals surface area contributed by atoms with Crippen molar-refractivity contribution in [3.63, 3.8) is 0 Å². The SMILES string of the molecule is CCOc1cc(N)cc(C(=O)NC2CCS(=O)CC2)c1. The van der Waals surface area contributed by atoms with Crippen LogP contribution < -0.4 is 15.8 Å². The van der Waals surface area contributed by atoms with E-state index in [9.17, 15) is 9.00 Å². The molecule has 1 aromatic rings. The Kier molecular flexibility index (Phi) is 5.00. The lowest BCUT2D eigenvalue weighted by Crippen LogP contribution is -2.39. The summed E-state index contributed by atoms with van der Waals surface area (Å²) in [4.78, 5) is 12.2. The molecule has 1 heterocycles. The number of hydrogen-bond acceptors (Lipinski definition) is 4. The number of carbonyl (C=O) groups excluding carboxylic acids is 1. The molecule has 0 aromatic heterocycles. The van der Waals surface area contributed by atoms with Crippen LogP contribution in [-0.2, 0) is 10.8 Å². The fourth-order valence-corrected chi connectivity index (χ4v) is 3.51. The Hall–Kier alpha value is -1.56. The maximum atomic E-state index is 12.2. The molecular weight excluding hydrogens is 276 g/mol. The first-order valence-electron chi connectivity index (χ1n) is 6.77. The largest absolute Gasteiger partial charge is 0.494 e. The number of nitrogens with two attached hydrogens (primary N) is 1. The third kappa shape index (κ3) is 3.96. The average molecular weight is 296 g/mol. The van der Waals surface area contributed by atoms with E-state index in [-0.39, 0.29) is 11.9 Å². The average Bonchev–Trinajstić information content (AvgIpc) is 2.41. The molecule has 1 saturated heterocycles. The predicted molar refractivity (Wildman–Crippen MR) is 80.4 cm³/mol. The van der Waals surface area contributed by atoms with Crippen molar-refractivity contribution < 1.29 is 13.7 Å². The molecule has 1 amide bonds. The molecule has 0 bridgehead atoms.